The molecule has 16 heavy (non-hydrogen) atoms. The number of hydrogen-bond acceptors (Lipinski definition) is 5. The highest BCUT2D eigenvalue weighted by atomic mass is 35.5. The van der Waals surface area contributed by atoms with Gasteiger partial charge in [0.1, 0.15) is 0 Å². The highest BCUT2D eigenvalue weighted by molar-refractivity contribution is 6.52. The molecule has 2 atom stereocenters. The van der Waals surface area contributed by atoms with Gasteiger partial charge < -0.3 is 25.5 Å². The lowest BCUT2D eigenvalue weighted by molar-refractivity contribution is -0.165. The number of hydrogen-bond donors (Lipinski definition) is 5. The highest BCUT2D eigenvalue weighted by Gasteiger charge is 2.29. The van der Waals surface area contributed by atoms with Crippen molar-refractivity contribution in [1.29, 1.82) is 0 Å². The molecule has 0 aliphatic heterocycles. The van der Waals surface area contributed by atoms with Gasteiger partial charge in [0.25, 0.3) is 0 Å². The maximum absolute atomic E-state index is 9.77. The maximum Gasteiger partial charge on any atom is 0.337 e. The third-order valence-electron chi connectivity index (χ3n) is 0.992. The molecule has 0 aromatic carbocycles. The Kier molecular flexibility index (Phi) is 8.77. The fourth-order valence-electron chi connectivity index (χ4n) is 0.270. The second-order valence-electron chi connectivity index (χ2n) is 2.21. The van der Waals surface area contributed by atoms with E-state index in [2.05, 4.69) is 0 Å². The highest BCUT2D eigenvalue weighted by Crippen LogP contribution is 1.98. The molecule has 0 heterocycles. The summed E-state index contributed by atoms with van der Waals surface area (Å²) in [6.45, 7) is 0. The van der Waals surface area contributed by atoms with E-state index in [9.17, 15) is 14.4 Å². The quantitative estimate of drug-likeness (QED) is 0.400. The Morgan fingerprint density at radius 3 is 1.00 bits per heavy atom. The summed E-state index contributed by atoms with van der Waals surface area (Å²) in [7, 11) is 0. The van der Waals surface area contributed by atoms with E-state index in [1.54, 1.807) is 0 Å². The Labute approximate surface area is 98.6 Å². The van der Waals surface area contributed by atoms with E-state index >= 15 is 0 Å². The Balaban J connectivity index is 0. The molecule has 5 N–H and O–H groups in total. The molecule has 2 unspecified atom stereocenters. The van der Waals surface area contributed by atoms with Crippen molar-refractivity contribution in [1.82, 2.24) is 0 Å². The standard InChI is InChI=1S/C4H6O6.C2H2Cl2O2/c5-1(3(7)8)2(6)4(9)10;3-1(4)2(5)6/h1-2,5-6H,(H,7,8)(H,9,10);1H,(H,5,6). The van der Waals surface area contributed by atoms with E-state index in [4.69, 9.17) is 48.7 Å². The third-order valence-corrected chi connectivity index (χ3v) is 1.37. The summed E-state index contributed by atoms with van der Waals surface area (Å²) in [5, 5.41) is 40.3. The largest absolute Gasteiger partial charge is 0.479 e. The normalized spacial score (nSPS) is 13.3. The molecule has 10 heteroatoms. The van der Waals surface area contributed by atoms with Gasteiger partial charge in [0.2, 0.25) is 4.84 Å². The topological polar surface area (TPSA) is 152 Å². The number of rotatable bonds is 4. The number of carboxylic acid groups (broad SMARTS) is 3. The van der Waals surface area contributed by atoms with Crippen LogP contribution in [-0.2, 0) is 14.4 Å². The average Bonchev–Trinajstić information content (AvgIpc) is 2.15. The monoisotopic (exact) mass is 278 g/mol. The first kappa shape index (κ1) is 17.3. The number of aliphatic hydroxyl groups is 2. The first-order chi connectivity index (χ1) is 7.11. The van der Waals surface area contributed by atoms with Crippen molar-refractivity contribution in [3.05, 3.63) is 0 Å². The molecular formula is C6H8Cl2O8. The molecule has 0 rings (SSSR count). The van der Waals surface area contributed by atoms with Crippen LogP contribution >= 0.6 is 23.2 Å². The summed E-state index contributed by atoms with van der Waals surface area (Å²) in [5.74, 6) is -4.75. The smallest absolute Gasteiger partial charge is 0.337 e. The van der Waals surface area contributed by atoms with Gasteiger partial charge in [-0.2, -0.15) is 0 Å². The van der Waals surface area contributed by atoms with Crippen molar-refractivity contribution in [2.45, 2.75) is 17.0 Å². The van der Waals surface area contributed by atoms with E-state index in [1.807, 2.05) is 0 Å². The Morgan fingerprint density at radius 2 is 0.938 bits per heavy atom. The van der Waals surface area contributed by atoms with Crippen LogP contribution in [0.5, 0.6) is 0 Å². The number of carbonyl (C=O) groups is 3. The van der Waals surface area contributed by atoms with Crippen LogP contribution in [0.2, 0.25) is 0 Å². The van der Waals surface area contributed by atoms with Crippen LogP contribution in [0, 0.1) is 0 Å². The van der Waals surface area contributed by atoms with Gasteiger partial charge in [0.05, 0.1) is 0 Å². The summed E-state index contributed by atoms with van der Waals surface area (Å²) in [6, 6.07) is 0. The Hall–Kier alpha value is -1.09. The summed E-state index contributed by atoms with van der Waals surface area (Å²) >= 11 is 9.56. The number of aliphatic hydroxyl groups excluding tert-OH is 2. The van der Waals surface area contributed by atoms with E-state index < -0.39 is 35.0 Å². The van der Waals surface area contributed by atoms with Crippen LogP contribution in [0.3, 0.4) is 0 Å². The molecule has 0 spiro atoms. The second-order valence-corrected chi connectivity index (χ2v) is 3.30. The van der Waals surface area contributed by atoms with Crippen LogP contribution in [-0.4, -0.2) is 60.5 Å². The van der Waals surface area contributed by atoms with Gasteiger partial charge in [-0.1, -0.05) is 23.2 Å². The Morgan fingerprint density at radius 1 is 0.750 bits per heavy atom. The predicted molar refractivity (Wildman–Crippen MR) is 50.4 cm³/mol. The van der Waals surface area contributed by atoms with Gasteiger partial charge in [0.15, 0.2) is 12.2 Å². The number of halogens is 2. The van der Waals surface area contributed by atoms with Crippen molar-refractivity contribution >= 4 is 41.1 Å². The summed E-state index contributed by atoms with van der Waals surface area (Å²) < 4.78 is 0. The van der Waals surface area contributed by atoms with Crippen molar-refractivity contribution in [3.63, 3.8) is 0 Å². The van der Waals surface area contributed by atoms with E-state index in [1.165, 1.54) is 0 Å². The van der Waals surface area contributed by atoms with Crippen molar-refractivity contribution in [3.8, 4) is 0 Å². The molecule has 8 nitrogen and oxygen atoms in total. The predicted octanol–water partition coefficient (Wildman–Crippen LogP) is -1.25. The van der Waals surface area contributed by atoms with Crippen LogP contribution < -0.4 is 0 Å². The molecule has 0 aliphatic rings. The van der Waals surface area contributed by atoms with Crippen molar-refractivity contribution in [2.24, 2.45) is 0 Å². The Bertz CT molecular complexity index is 247. The van der Waals surface area contributed by atoms with Crippen LogP contribution in [0.1, 0.15) is 0 Å². The minimum absolute atomic E-state index is 1.21. The van der Waals surface area contributed by atoms with E-state index in [0.29, 0.717) is 0 Å². The lowest BCUT2D eigenvalue weighted by Gasteiger charge is -2.07. The zero-order valence-electron chi connectivity index (χ0n) is 7.45. The van der Waals surface area contributed by atoms with E-state index in [0.717, 1.165) is 0 Å². The average molecular weight is 279 g/mol. The van der Waals surface area contributed by atoms with Gasteiger partial charge in [-0.3, -0.25) is 0 Å². The number of carboxylic acids is 3. The van der Waals surface area contributed by atoms with Gasteiger partial charge in [-0.05, 0) is 0 Å². The molecule has 0 bridgehead atoms. The summed E-state index contributed by atoms with van der Waals surface area (Å²) in [5.41, 5.74) is 0. The molecule has 0 radical (unpaired) electrons. The van der Waals surface area contributed by atoms with Crippen LogP contribution in [0.15, 0.2) is 0 Å². The molecule has 0 aliphatic carbocycles. The molecule has 0 saturated carbocycles. The number of aliphatic carboxylic acids is 3. The van der Waals surface area contributed by atoms with E-state index in [-0.39, 0.29) is 0 Å². The lowest BCUT2D eigenvalue weighted by atomic mass is 10.2. The van der Waals surface area contributed by atoms with Gasteiger partial charge >= 0.3 is 17.9 Å². The second kappa shape index (κ2) is 8.11. The molecular weight excluding hydrogens is 271 g/mol. The zero-order chi connectivity index (χ0) is 13.5. The number of alkyl halides is 2. The van der Waals surface area contributed by atoms with Crippen LogP contribution in [0.4, 0.5) is 0 Å². The minimum Gasteiger partial charge on any atom is -0.479 e. The first-order valence-electron chi connectivity index (χ1n) is 3.44. The first-order valence-corrected chi connectivity index (χ1v) is 4.31. The summed E-state index contributed by atoms with van der Waals surface area (Å²) in [6.07, 6.45) is -4.53. The fraction of sp³-hybridized carbons (Fsp3) is 0.500. The minimum atomic E-state index is -2.27. The SMILES string of the molecule is O=C(O)C(Cl)Cl.O=C(O)C(O)C(O)C(=O)O. The van der Waals surface area contributed by atoms with Crippen molar-refractivity contribution < 1.29 is 39.9 Å². The van der Waals surface area contributed by atoms with Gasteiger partial charge in [0, 0.05) is 0 Å². The molecule has 0 fully saturated rings. The molecule has 0 amide bonds. The molecule has 94 valence electrons. The lowest BCUT2D eigenvalue weighted by Crippen LogP contribution is -2.39. The molecule has 0 saturated heterocycles. The van der Waals surface area contributed by atoms with Gasteiger partial charge in [-0.25, -0.2) is 14.4 Å². The zero-order valence-corrected chi connectivity index (χ0v) is 8.96. The van der Waals surface area contributed by atoms with Crippen molar-refractivity contribution in [2.75, 3.05) is 0 Å². The summed E-state index contributed by atoms with van der Waals surface area (Å²) in [4.78, 5) is 27.7. The van der Waals surface area contributed by atoms with Crippen LogP contribution in [0.25, 0.3) is 0 Å². The molecule has 0 aromatic rings. The third kappa shape index (κ3) is 8.24. The maximum atomic E-state index is 9.77. The fourth-order valence-corrected chi connectivity index (χ4v) is 0.270. The molecule has 0 aromatic heterocycles. The van der Waals surface area contributed by atoms with Gasteiger partial charge in [-0.15, -0.1) is 0 Å².